The number of aliphatic carboxylic acids is 1. The van der Waals surface area contributed by atoms with E-state index in [0.717, 1.165) is 25.2 Å². The molecule has 1 saturated heterocycles. The minimum absolute atomic E-state index is 0.0195. The molecule has 1 fully saturated rings. The monoisotopic (exact) mass is 269 g/mol. The fourth-order valence-electron chi connectivity index (χ4n) is 2.00. The number of amidine groups is 1. The Hall–Kier alpha value is -1.59. The molecule has 0 aliphatic carbocycles. The van der Waals surface area contributed by atoms with Crippen LogP contribution in [0.2, 0.25) is 0 Å². The lowest BCUT2D eigenvalue weighted by atomic mass is 10.3. The van der Waals surface area contributed by atoms with E-state index in [2.05, 4.69) is 4.99 Å². The van der Waals surface area contributed by atoms with Gasteiger partial charge in [0.1, 0.15) is 0 Å². The van der Waals surface area contributed by atoms with Crippen molar-refractivity contribution >= 4 is 17.7 Å². The van der Waals surface area contributed by atoms with E-state index in [9.17, 15) is 4.79 Å². The smallest absolute Gasteiger partial charge is 0.303 e. The van der Waals surface area contributed by atoms with E-state index < -0.39 is 5.97 Å². The van der Waals surface area contributed by atoms with Gasteiger partial charge < -0.3 is 14.7 Å². The van der Waals surface area contributed by atoms with Gasteiger partial charge >= 0.3 is 5.97 Å². The fraction of sp³-hybridized carbons (Fsp3) is 0.769. The normalized spacial score (nSPS) is 17.2. The molecule has 0 saturated carbocycles. The third-order valence-electron chi connectivity index (χ3n) is 2.75. The maximum atomic E-state index is 10.4. The molecule has 1 aliphatic heterocycles. The Bertz CT molecular complexity index is 353. The molecule has 108 valence electrons. The topological polar surface area (TPSA) is 86.0 Å². The van der Waals surface area contributed by atoms with Crippen molar-refractivity contribution in [2.24, 2.45) is 4.99 Å². The van der Waals surface area contributed by atoms with Crippen LogP contribution in [0.5, 0.6) is 0 Å². The van der Waals surface area contributed by atoms with Crippen LogP contribution in [0.4, 0.5) is 0 Å². The summed E-state index contributed by atoms with van der Waals surface area (Å²) in [6, 6.07) is 0. The predicted molar refractivity (Wildman–Crippen MR) is 73.9 cm³/mol. The summed E-state index contributed by atoms with van der Waals surface area (Å²) in [5.74, 6) is 0.452. The molecule has 0 unspecified atom stereocenters. The van der Waals surface area contributed by atoms with Crippen molar-refractivity contribution < 1.29 is 14.6 Å². The number of aliphatic imine (C=N–C) groups is 1. The number of hydrogen-bond donors (Lipinski definition) is 2. The first kappa shape index (κ1) is 15.5. The molecule has 6 heteroatoms. The number of carbonyl (C=O) groups is 1. The van der Waals surface area contributed by atoms with Gasteiger partial charge in [-0.2, -0.15) is 0 Å². The number of carboxylic acids is 1. The Morgan fingerprint density at radius 1 is 1.58 bits per heavy atom. The lowest BCUT2D eigenvalue weighted by Gasteiger charge is -2.20. The Kier molecular flexibility index (Phi) is 6.32. The summed E-state index contributed by atoms with van der Waals surface area (Å²) < 4.78 is 5.33. The molecule has 0 bridgehead atoms. The Morgan fingerprint density at radius 3 is 2.95 bits per heavy atom. The zero-order chi connectivity index (χ0) is 14.3. The SMILES string of the molecule is CC(C)OC(=N)CN1CCCC1=NCCCC(=O)O. The maximum absolute atomic E-state index is 10.4. The Labute approximate surface area is 114 Å². The zero-order valence-corrected chi connectivity index (χ0v) is 11.7. The number of rotatable bonds is 7. The van der Waals surface area contributed by atoms with Crippen LogP contribution in [-0.4, -0.2) is 53.4 Å². The fourth-order valence-corrected chi connectivity index (χ4v) is 2.00. The number of carboxylic acid groups (broad SMARTS) is 1. The summed E-state index contributed by atoms with van der Waals surface area (Å²) in [4.78, 5) is 16.9. The molecule has 0 spiro atoms. The summed E-state index contributed by atoms with van der Waals surface area (Å²) in [5.41, 5.74) is 0. The molecule has 1 heterocycles. The molecule has 0 radical (unpaired) electrons. The summed E-state index contributed by atoms with van der Waals surface area (Å²) in [5, 5.41) is 16.3. The van der Waals surface area contributed by atoms with E-state index in [4.69, 9.17) is 15.3 Å². The molecule has 2 N–H and O–H groups in total. The van der Waals surface area contributed by atoms with Crippen LogP contribution in [0.15, 0.2) is 4.99 Å². The summed E-state index contributed by atoms with van der Waals surface area (Å²) >= 11 is 0. The van der Waals surface area contributed by atoms with Crippen LogP contribution in [0.1, 0.15) is 39.5 Å². The summed E-state index contributed by atoms with van der Waals surface area (Å²) in [6.07, 6.45) is 2.68. The zero-order valence-electron chi connectivity index (χ0n) is 11.7. The molecule has 1 aliphatic rings. The summed E-state index contributed by atoms with van der Waals surface area (Å²) in [7, 11) is 0. The minimum Gasteiger partial charge on any atom is -0.481 e. The largest absolute Gasteiger partial charge is 0.481 e. The van der Waals surface area contributed by atoms with Gasteiger partial charge in [0.2, 0.25) is 5.90 Å². The van der Waals surface area contributed by atoms with E-state index in [1.807, 2.05) is 18.7 Å². The van der Waals surface area contributed by atoms with Gasteiger partial charge in [-0.1, -0.05) is 0 Å². The van der Waals surface area contributed by atoms with Crippen molar-refractivity contribution in [3.8, 4) is 0 Å². The van der Waals surface area contributed by atoms with Gasteiger partial charge in [-0.05, 0) is 26.7 Å². The molecule has 6 nitrogen and oxygen atoms in total. The highest BCUT2D eigenvalue weighted by Crippen LogP contribution is 2.12. The standard InChI is InChI=1S/C13H23N3O3/c1-10(2)19-11(14)9-16-8-4-5-12(16)15-7-3-6-13(17)18/h10,14H,3-9H2,1-2H3,(H,17,18). The third-order valence-corrected chi connectivity index (χ3v) is 2.75. The van der Waals surface area contributed by atoms with Gasteiger partial charge in [-0.15, -0.1) is 0 Å². The highest BCUT2D eigenvalue weighted by Gasteiger charge is 2.20. The lowest BCUT2D eigenvalue weighted by molar-refractivity contribution is -0.137. The van der Waals surface area contributed by atoms with Crippen LogP contribution < -0.4 is 0 Å². The highest BCUT2D eigenvalue weighted by molar-refractivity contribution is 5.88. The molecule has 0 aromatic heterocycles. The first-order valence-corrected chi connectivity index (χ1v) is 6.73. The van der Waals surface area contributed by atoms with Crippen molar-refractivity contribution in [3.05, 3.63) is 0 Å². The van der Waals surface area contributed by atoms with Crippen molar-refractivity contribution in [1.82, 2.24) is 4.90 Å². The van der Waals surface area contributed by atoms with Crippen LogP contribution in [0.3, 0.4) is 0 Å². The van der Waals surface area contributed by atoms with Gasteiger partial charge in [-0.25, -0.2) is 0 Å². The van der Waals surface area contributed by atoms with Gasteiger partial charge in [0, 0.05) is 25.9 Å². The van der Waals surface area contributed by atoms with E-state index >= 15 is 0 Å². The van der Waals surface area contributed by atoms with Gasteiger partial charge in [0.25, 0.3) is 0 Å². The van der Waals surface area contributed by atoms with Crippen molar-refractivity contribution in [2.75, 3.05) is 19.6 Å². The lowest BCUT2D eigenvalue weighted by Crippen LogP contribution is -2.32. The molecule has 0 aromatic rings. The number of likely N-dealkylation sites (tertiary alicyclic amines) is 1. The number of nitrogens with zero attached hydrogens (tertiary/aromatic N) is 2. The van der Waals surface area contributed by atoms with Crippen molar-refractivity contribution in [1.29, 1.82) is 5.41 Å². The van der Waals surface area contributed by atoms with E-state index in [-0.39, 0.29) is 18.4 Å². The van der Waals surface area contributed by atoms with Gasteiger partial charge in [0.05, 0.1) is 18.5 Å². The summed E-state index contributed by atoms with van der Waals surface area (Å²) in [6.45, 7) is 5.69. The van der Waals surface area contributed by atoms with Crippen LogP contribution in [0, 0.1) is 5.41 Å². The molecule has 19 heavy (non-hydrogen) atoms. The number of nitrogens with one attached hydrogen (secondary N) is 1. The molecular formula is C13H23N3O3. The van der Waals surface area contributed by atoms with Crippen LogP contribution >= 0.6 is 0 Å². The van der Waals surface area contributed by atoms with Crippen LogP contribution in [0.25, 0.3) is 0 Å². The first-order chi connectivity index (χ1) is 8.99. The van der Waals surface area contributed by atoms with E-state index in [0.29, 0.717) is 19.5 Å². The second-order valence-electron chi connectivity index (χ2n) is 4.91. The Morgan fingerprint density at radius 2 is 2.32 bits per heavy atom. The molecule has 1 rings (SSSR count). The van der Waals surface area contributed by atoms with E-state index in [1.54, 1.807) is 0 Å². The predicted octanol–water partition coefficient (Wildman–Crippen LogP) is 1.75. The molecule has 0 amide bonds. The van der Waals surface area contributed by atoms with E-state index in [1.165, 1.54) is 0 Å². The van der Waals surface area contributed by atoms with Gasteiger partial charge in [-0.3, -0.25) is 15.2 Å². The molecule has 0 atom stereocenters. The van der Waals surface area contributed by atoms with Crippen molar-refractivity contribution in [2.45, 2.75) is 45.6 Å². The average molecular weight is 269 g/mol. The average Bonchev–Trinajstić information content (AvgIpc) is 2.70. The quantitative estimate of drug-likeness (QED) is 0.419. The Balaban J connectivity index is 2.38. The number of ether oxygens (including phenoxy) is 1. The second-order valence-corrected chi connectivity index (χ2v) is 4.91. The maximum Gasteiger partial charge on any atom is 0.303 e. The molecular weight excluding hydrogens is 246 g/mol. The van der Waals surface area contributed by atoms with Crippen LogP contribution in [-0.2, 0) is 9.53 Å². The minimum atomic E-state index is -0.782. The highest BCUT2D eigenvalue weighted by atomic mass is 16.5. The number of hydrogen-bond acceptors (Lipinski definition) is 4. The third kappa shape index (κ3) is 6.22. The first-order valence-electron chi connectivity index (χ1n) is 6.73. The van der Waals surface area contributed by atoms with Gasteiger partial charge in [0.15, 0.2) is 0 Å². The second kappa shape index (κ2) is 7.76. The molecule has 0 aromatic carbocycles. The van der Waals surface area contributed by atoms with Crippen molar-refractivity contribution in [3.63, 3.8) is 0 Å².